The zero-order valence-electron chi connectivity index (χ0n) is 7.75. The van der Waals surface area contributed by atoms with E-state index in [9.17, 15) is 9.59 Å². The van der Waals surface area contributed by atoms with Gasteiger partial charge in [-0.1, -0.05) is 0 Å². The van der Waals surface area contributed by atoms with Gasteiger partial charge in [-0.15, -0.1) is 0 Å². The fourth-order valence-electron chi connectivity index (χ4n) is 0.651. The molecule has 0 aromatic carbocycles. The van der Waals surface area contributed by atoms with Gasteiger partial charge in [-0.3, -0.25) is 4.79 Å². The molecule has 0 aromatic rings. The molecule has 0 aliphatic rings. The van der Waals surface area contributed by atoms with E-state index in [0.717, 1.165) is 0 Å². The van der Waals surface area contributed by atoms with E-state index < -0.39 is 11.9 Å². The van der Waals surface area contributed by atoms with E-state index in [1.807, 2.05) is 0 Å². The second-order valence-corrected chi connectivity index (χ2v) is 2.66. The lowest BCUT2D eigenvalue weighted by molar-refractivity contribution is -0.155. The lowest BCUT2D eigenvalue weighted by Gasteiger charge is -2.06. The second-order valence-electron chi connectivity index (χ2n) is 2.66. The van der Waals surface area contributed by atoms with E-state index in [-0.39, 0.29) is 0 Å². The Morgan fingerprint density at radius 1 is 1.25 bits per heavy atom. The molecule has 0 bridgehead atoms. The highest BCUT2D eigenvalue weighted by Gasteiger charge is 2.07. The first-order valence-electron chi connectivity index (χ1n) is 3.51. The highest BCUT2D eigenvalue weighted by Crippen LogP contribution is 1.97. The van der Waals surface area contributed by atoms with E-state index in [1.165, 1.54) is 6.92 Å². The molecule has 0 atom stereocenters. The predicted molar refractivity (Wildman–Crippen MR) is 44.2 cm³/mol. The van der Waals surface area contributed by atoms with E-state index >= 15 is 0 Å². The molecule has 0 radical (unpaired) electrons. The van der Waals surface area contributed by atoms with Gasteiger partial charge in [-0.05, 0) is 6.92 Å². The number of esters is 2. The fourth-order valence-corrected chi connectivity index (χ4v) is 0.651. The summed E-state index contributed by atoms with van der Waals surface area (Å²) in [5.74, 6) is -1.19. The summed E-state index contributed by atoms with van der Waals surface area (Å²) in [5.41, 5.74) is 0.398. The zero-order chi connectivity index (χ0) is 9.72. The maximum atomic E-state index is 11.0. The van der Waals surface area contributed by atoms with Gasteiger partial charge in [-0.2, -0.15) is 0 Å². The number of hydrogen-bond donors (Lipinski definition) is 0. The van der Waals surface area contributed by atoms with Crippen LogP contribution in [0.3, 0.4) is 0 Å². The standard InChI is InChI=1S/C8H13NO3/c1-6(5-9(3)4)8(11)12-7(2)10/h5H,1-4H3. The lowest BCUT2D eigenvalue weighted by atomic mass is 10.3. The summed E-state index contributed by atoms with van der Waals surface area (Å²) in [6.07, 6.45) is 1.59. The summed E-state index contributed by atoms with van der Waals surface area (Å²) in [5, 5.41) is 0. The molecule has 0 aliphatic carbocycles. The lowest BCUT2D eigenvalue weighted by Crippen LogP contribution is -2.12. The van der Waals surface area contributed by atoms with Crippen molar-refractivity contribution in [3.63, 3.8) is 0 Å². The quantitative estimate of drug-likeness (QED) is 0.345. The average Bonchev–Trinajstić information content (AvgIpc) is 1.84. The summed E-state index contributed by atoms with van der Waals surface area (Å²) >= 11 is 0. The van der Waals surface area contributed by atoms with Crippen molar-refractivity contribution < 1.29 is 14.3 Å². The Hall–Kier alpha value is -1.32. The van der Waals surface area contributed by atoms with Gasteiger partial charge < -0.3 is 9.64 Å². The van der Waals surface area contributed by atoms with Crippen molar-refractivity contribution in [3.8, 4) is 0 Å². The molecule has 4 heteroatoms. The molecule has 0 rings (SSSR count). The monoisotopic (exact) mass is 171 g/mol. The third-order valence-electron chi connectivity index (χ3n) is 1.01. The van der Waals surface area contributed by atoms with Crippen LogP contribution < -0.4 is 0 Å². The summed E-state index contributed by atoms with van der Waals surface area (Å²) in [7, 11) is 3.56. The van der Waals surface area contributed by atoms with E-state index in [2.05, 4.69) is 4.74 Å². The maximum Gasteiger partial charge on any atom is 0.342 e. The van der Waals surface area contributed by atoms with Crippen LogP contribution in [0, 0.1) is 0 Å². The van der Waals surface area contributed by atoms with Crippen molar-refractivity contribution >= 4 is 11.9 Å². The molecule has 0 saturated heterocycles. The van der Waals surface area contributed by atoms with Crippen molar-refractivity contribution in [1.82, 2.24) is 4.90 Å². The Morgan fingerprint density at radius 2 is 1.75 bits per heavy atom. The number of hydrogen-bond acceptors (Lipinski definition) is 4. The van der Waals surface area contributed by atoms with Crippen LogP contribution in [0.15, 0.2) is 11.8 Å². The molecule has 0 aliphatic heterocycles. The minimum atomic E-state index is -0.601. The third kappa shape index (κ3) is 4.49. The van der Waals surface area contributed by atoms with Crippen LogP contribution in [0.4, 0.5) is 0 Å². The smallest absolute Gasteiger partial charge is 0.342 e. The van der Waals surface area contributed by atoms with Crippen LogP contribution >= 0.6 is 0 Å². The van der Waals surface area contributed by atoms with Crippen molar-refractivity contribution in [3.05, 3.63) is 11.8 Å². The molecule has 0 saturated carbocycles. The largest absolute Gasteiger partial charge is 0.390 e. The summed E-state index contributed by atoms with van der Waals surface area (Å²) < 4.78 is 4.34. The molecule has 0 aromatic heterocycles. The summed E-state index contributed by atoms with van der Waals surface area (Å²) in [6.45, 7) is 2.78. The molecule has 0 unspecified atom stereocenters. The highest BCUT2D eigenvalue weighted by molar-refractivity contribution is 5.94. The van der Waals surface area contributed by atoms with E-state index in [0.29, 0.717) is 5.57 Å². The number of carbonyl (C=O) groups excluding carboxylic acids is 2. The molecule has 0 fully saturated rings. The predicted octanol–water partition coefficient (Wildman–Crippen LogP) is 0.542. The third-order valence-corrected chi connectivity index (χ3v) is 1.01. The van der Waals surface area contributed by atoms with Crippen molar-refractivity contribution in [2.24, 2.45) is 0 Å². The number of carbonyl (C=O) groups is 2. The Bertz CT molecular complexity index is 218. The van der Waals surface area contributed by atoms with E-state index in [1.54, 1.807) is 32.1 Å². The second kappa shape index (κ2) is 4.54. The van der Waals surface area contributed by atoms with Crippen molar-refractivity contribution in [1.29, 1.82) is 0 Å². The zero-order valence-corrected chi connectivity index (χ0v) is 7.75. The number of nitrogens with zero attached hydrogens (tertiary/aromatic N) is 1. The van der Waals surface area contributed by atoms with Gasteiger partial charge >= 0.3 is 11.9 Å². The maximum absolute atomic E-state index is 11.0. The Kier molecular flexibility index (Phi) is 4.04. The van der Waals surface area contributed by atoms with Crippen LogP contribution in [0.5, 0.6) is 0 Å². The molecule has 0 N–H and O–H groups in total. The molecule has 0 amide bonds. The van der Waals surface area contributed by atoms with Gasteiger partial charge in [0.25, 0.3) is 0 Å². The summed E-state index contributed by atoms with van der Waals surface area (Å²) in [4.78, 5) is 23.0. The average molecular weight is 171 g/mol. The molecule has 68 valence electrons. The number of rotatable bonds is 2. The minimum absolute atomic E-state index is 0.398. The number of ether oxygens (including phenoxy) is 1. The Morgan fingerprint density at radius 3 is 2.08 bits per heavy atom. The SMILES string of the molecule is CC(=O)OC(=O)C(C)=CN(C)C. The van der Waals surface area contributed by atoms with Gasteiger partial charge in [-0.25, -0.2) is 4.79 Å². The van der Waals surface area contributed by atoms with Gasteiger partial charge in [0, 0.05) is 27.2 Å². The molecular weight excluding hydrogens is 158 g/mol. The van der Waals surface area contributed by atoms with Crippen LogP contribution in [-0.2, 0) is 14.3 Å². The van der Waals surface area contributed by atoms with Gasteiger partial charge in [0.15, 0.2) is 0 Å². The molecular formula is C8H13NO3. The van der Waals surface area contributed by atoms with Gasteiger partial charge in [0.05, 0.1) is 5.57 Å². The van der Waals surface area contributed by atoms with Crippen molar-refractivity contribution in [2.45, 2.75) is 13.8 Å². The van der Waals surface area contributed by atoms with E-state index in [4.69, 9.17) is 0 Å². The first kappa shape index (κ1) is 10.7. The Balaban J connectivity index is 4.19. The first-order chi connectivity index (χ1) is 5.43. The van der Waals surface area contributed by atoms with Crippen LogP contribution in [0.2, 0.25) is 0 Å². The van der Waals surface area contributed by atoms with Gasteiger partial charge in [0.1, 0.15) is 0 Å². The topological polar surface area (TPSA) is 46.6 Å². The normalized spacial score (nSPS) is 10.8. The molecule has 12 heavy (non-hydrogen) atoms. The van der Waals surface area contributed by atoms with Crippen LogP contribution in [-0.4, -0.2) is 30.9 Å². The van der Waals surface area contributed by atoms with Crippen molar-refractivity contribution in [2.75, 3.05) is 14.1 Å². The molecule has 0 spiro atoms. The molecule has 0 heterocycles. The minimum Gasteiger partial charge on any atom is -0.390 e. The fraction of sp³-hybridized carbons (Fsp3) is 0.500. The Labute approximate surface area is 71.8 Å². The first-order valence-corrected chi connectivity index (χ1v) is 3.51. The highest BCUT2D eigenvalue weighted by atomic mass is 16.6. The molecule has 4 nitrogen and oxygen atoms in total. The van der Waals surface area contributed by atoms with Gasteiger partial charge in [0.2, 0.25) is 0 Å². The summed E-state index contributed by atoms with van der Waals surface area (Å²) in [6, 6.07) is 0. The van der Waals surface area contributed by atoms with Crippen LogP contribution in [0.1, 0.15) is 13.8 Å². The van der Waals surface area contributed by atoms with Crippen LogP contribution in [0.25, 0.3) is 0 Å².